The highest BCUT2D eigenvalue weighted by Crippen LogP contribution is 2.50. The second-order valence-corrected chi connectivity index (χ2v) is 6.25. The van der Waals surface area contributed by atoms with Crippen LogP contribution in [0.1, 0.15) is 53.4 Å². The number of allylic oxidation sites excluding steroid dienone is 3. The van der Waals surface area contributed by atoms with Crippen molar-refractivity contribution >= 4 is 6.47 Å². The molecule has 0 aliphatic heterocycles. The highest BCUT2D eigenvalue weighted by Gasteiger charge is 2.43. The van der Waals surface area contributed by atoms with E-state index in [1.54, 1.807) is 0 Å². The molecule has 0 spiro atoms. The average Bonchev–Trinajstić information content (AvgIpc) is 2.33. The van der Waals surface area contributed by atoms with Crippen LogP contribution in [0.2, 0.25) is 0 Å². The third-order valence-corrected chi connectivity index (χ3v) is 4.79. The predicted octanol–water partition coefficient (Wildman–Crippen LogP) is 4.02. The molecule has 0 saturated heterocycles. The fourth-order valence-electron chi connectivity index (χ4n) is 3.45. The van der Waals surface area contributed by atoms with Gasteiger partial charge in [-0.1, -0.05) is 38.0 Å². The summed E-state index contributed by atoms with van der Waals surface area (Å²) in [4.78, 5) is 10.7. The molecule has 2 atom stereocenters. The summed E-state index contributed by atoms with van der Waals surface area (Å²) in [5.41, 5.74) is 4.46. The molecular formula is C16H24O2. The number of carbonyl (C=O) groups is 1. The van der Waals surface area contributed by atoms with Crippen molar-refractivity contribution in [1.29, 1.82) is 0 Å². The summed E-state index contributed by atoms with van der Waals surface area (Å²) in [7, 11) is 0. The van der Waals surface area contributed by atoms with Crippen LogP contribution in [0.4, 0.5) is 0 Å². The summed E-state index contributed by atoms with van der Waals surface area (Å²) in [6, 6.07) is 0. The van der Waals surface area contributed by atoms with E-state index in [-0.39, 0.29) is 11.5 Å². The lowest BCUT2D eigenvalue weighted by molar-refractivity contribution is -0.139. The molecule has 0 aromatic carbocycles. The third kappa shape index (κ3) is 2.13. The largest absolute Gasteiger partial charge is 0.464 e. The van der Waals surface area contributed by atoms with Gasteiger partial charge in [0, 0.05) is 5.41 Å². The first-order chi connectivity index (χ1) is 8.49. The molecule has 2 nitrogen and oxygen atoms in total. The van der Waals surface area contributed by atoms with E-state index in [0.29, 0.717) is 12.4 Å². The highest BCUT2D eigenvalue weighted by atomic mass is 16.5. The van der Waals surface area contributed by atoms with Crippen LogP contribution in [0.5, 0.6) is 0 Å². The van der Waals surface area contributed by atoms with Gasteiger partial charge in [0.05, 0.1) is 0 Å². The summed E-state index contributed by atoms with van der Waals surface area (Å²) < 4.78 is 5.36. The Morgan fingerprint density at radius 3 is 2.78 bits per heavy atom. The van der Waals surface area contributed by atoms with E-state index in [9.17, 15) is 4.79 Å². The molecule has 0 aromatic heterocycles. The van der Waals surface area contributed by atoms with Gasteiger partial charge in [-0.15, -0.1) is 0 Å². The maximum Gasteiger partial charge on any atom is 0.293 e. The van der Waals surface area contributed by atoms with E-state index in [1.807, 2.05) is 0 Å². The summed E-state index contributed by atoms with van der Waals surface area (Å²) in [5.74, 6) is 0.613. The van der Waals surface area contributed by atoms with Crippen molar-refractivity contribution < 1.29 is 9.53 Å². The SMILES string of the molecule is CC1=C2C=C(C(C)C)CCC2(C)C(OC=O)CC1. The quantitative estimate of drug-likeness (QED) is 0.705. The van der Waals surface area contributed by atoms with Crippen molar-refractivity contribution in [1.82, 2.24) is 0 Å². The zero-order valence-electron chi connectivity index (χ0n) is 12.0. The van der Waals surface area contributed by atoms with Crippen molar-refractivity contribution in [2.24, 2.45) is 11.3 Å². The molecule has 0 amide bonds. The Balaban J connectivity index is 2.40. The van der Waals surface area contributed by atoms with Crippen LogP contribution < -0.4 is 0 Å². The van der Waals surface area contributed by atoms with Crippen LogP contribution in [0.25, 0.3) is 0 Å². The minimum absolute atomic E-state index is 0.0294. The lowest BCUT2D eigenvalue weighted by atomic mass is 9.63. The Bertz CT molecular complexity index is 403. The topological polar surface area (TPSA) is 26.3 Å². The van der Waals surface area contributed by atoms with Gasteiger partial charge in [0.1, 0.15) is 6.10 Å². The molecule has 2 aliphatic carbocycles. The molecule has 0 saturated carbocycles. The zero-order chi connectivity index (χ0) is 13.3. The van der Waals surface area contributed by atoms with Gasteiger partial charge in [0.15, 0.2) is 0 Å². The van der Waals surface area contributed by atoms with Crippen molar-refractivity contribution in [3.63, 3.8) is 0 Å². The average molecular weight is 248 g/mol. The summed E-state index contributed by atoms with van der Waals surface area (Å²) >= 11 is 0. The first kappa shape index (κ1) is 13.4. The Labute approximate surface area is 110 Å². The molecule has 2 unspecified atom stereocenters. The molecule has 0 bridgehead atoms. The van der Waals surface area contributed by atoms with E-state index in [4.69, 9.17) is 4.74 Å². The third-order valence-electron chi connectivity index (χ3n) is 4.79. The van der Waals surface area contributed by atoms with Crippen LogP contribution in [0.3, 0.4) is 0 Å². The van der Waals surface area contributed by atoms with Crippen LogP contribution >= 0.6 is 0 Å². The number of hydrogen-bond acceptors (Lipinski definition) is 2. The van der Waals surface area contributed by atoms with Gasteiger partial charge >= 0.3 is 0 Å². The first-order valence-electron chi connectivity index (χ1n) is 6.99. The fourth-order valence-corrected chi connectivity index (χ4v) is 3.45. The number of rotatable bonds is 3. The van der Waals surface area contributed by atoms with E-state index in [2.05, 4.69) is 33.8 Å². The Morgan fingerprint density at radius 2 is 2.17 bits per heavy atom. The normalized spacial score (nSPS) is 32.1. The van der Waals surface area contributed by atoms with Crippen molar-refractivity contribution in [3.8, 4) is 0 Å². The van der Waals surface area contributed by atoms with E-state index < -0.39 is 0 Å². The molecular weight excluding hydrogens is 224 g/mol. The molecule has 2 heteroatoms. The standard InChI is InChI=1S/C16H24O2/c1-11(2)13-7-8-16(4)14(9-13)12(3)5-6-15(16)18-10-17/h9-11,15H,5-8H2,1-4H3. The summed E-state index contributed by atoms with van der Waals surface area (Å²) in [6.45, 7) is 9.62. The number of hydrogen-bond donors (Lipinski definition) is 0. The molecule has 2 aliphatic rings. The van der Waals surface area contributed by atoms with Gasteiger partial charge in [-0.3, -0.25) is 4.79 Å². The minimum Gasteiger partial charge on any atom is -0.464 e. The van der Waals surface area contributed by atoms with Gasteiger partial charge in [0.25, 0.3) is 6.47 Å². The van der Waals surface area contributed by atoms with Crippen LogP contribution in [-0.2, 0) is 9.53 Å². The monoisotopic (exact) mass is 248 g/mol. The molecule has 0 radical (unpaired) electrons. The number of fused-ring (bicyclic) bond motifs is 1. The summed E-state index contributed by atoms with van der Waals surface area (Å²) in [5, 5.41) is 0. The predicted molar refractivity (Wildman–Crippen MR) is 73.1 cm³/mol. The van der Waals surface area contributed by atoms with E-state index in [0.717, 1.165) is 25.7 Å². The van der Waals surface area contributed by atoms with Crippen molar-refractivity contribution in [2.45, 2.75) is 59.5 Å². The van der Waals surface area contributed by atoms with E-state index >= 15 is 0 Å². The van der Waals surface area contributed by atoms with Crippen LogP contribution in [-0.4, -0.2) is 12.6 Å². The smallest absolute Gasteiger partial charge is 0.293 e. The second-order valence-electron chi connectivity index (χ2n) is 6.25. The van der Waals surface area contributed by atoms with Gasteiger partial charge in [0.2, 0.25) is 0 Å². The second kappa shape index (κ2) is 4.91. The molecule has 0 fully saturated rings. The molecule has 18 heavy (non-hydrogen) atoms. The van der Waals surface area contributed by atoms with Gasteiger partial charge in [-0.05, 0) is 44.1 Å². The van der Waals surface area contributed by atoms with Crippen molar-refractivity contribution in [3.05, 3.63) is 22.8 Å². The molecule has 0 heterocycles. The lowest BCUT2D eigenvalue weighted by Gasteiger charge is -2.45. The Kier molecular flexibility index (Phi) is 3.65. The van der Waals surface area contributed by atoms with E-state index in [1.165, 1.54) is 16.7 Å². The van der Waals surface area contributed by atoms with Gasteiger partial charge < -0.3 is 4.74 Å². The van der Waals surface area contributed by atoms with Crippen LogP contribution in [0.15, 0.2) is 22.8 Å². The molecule has 2 rings (SSSR count). The highest BCUT2D eigenvalue weighted by molar-refractivity contribution is 5.43. The Morgan fingerprint density at radius 1 is 1.44 bits per heavy atom. The van der Waals surface area contributed by atoms with Crippen LogP contribution in [0, 0.1) is 11.3 Å². The number of carbonyl (C=O) groups excluding carboxylic acids is 1. The number of ether oxygens (including phenoxy) is 1. The zero-order valence-corrected chi connectivity index (χ0v) is 12.0. The van der Waals surface area contributed by atoms with Crippen molar-refractivity contribution in [2.75, 3.05) is 0 Å². The maximum atomic E-state index is 10.7. The Hall–Kier alpha value is -1.05. The molecule has 0 aromatic rings. The maximum absolute atomic E-state index is 10.7. The first-order valence-corrected chi connectivity index (χ1v) is 6.99. The van der Waals surface area contributed by atoms with Gasteiger partial charge in [-0.2, -0.15) is 0 Å². The lowest BCUT2D eigenvalue weighted by Crippen LogP contribution is -2.41. The minimum atomic E-state index is 0.0294. The molecule has 0 N–H and O–H groups in total. The van der Waals surface area contributed by atoms with Gasteiger partial charge in [-0.25, -0.2) is 0 Å². The summed E-state index contributed by atoms with van der Waals surface area (Å²) in [6.07, 6.45) is 6.68. The fraction of sp³-hybridized carbons (Fsp3) is 0.688. The molecule has 100 valence electrons.